The maximum absolute atomic E-state index is 14.3. The minimum atomic E-state index is -1.42. The largest absolute Gasteiger partial charge is 0.463 e. The molecule has 9 atom stereocenters. The molecular formula is C39H66N4O7. The first kappa shape index (κ1) is 40.8. The zero-order valence-electron chi connectivity index (χ0n) is 32.5. The van der Waals surface area contributed by atoms with E-state index in [2.05, 4.69) is 34.7 Å². The molecule has 0 aliphatic carbocycles. The zero-order chi connectivity index (χ0) is 36.8. The van der Waals surface area contributed by atoms with Crippen LogP contribution in [0.15, 0.2) is 24.5 Å². The fraction of sp³-hybridized carbons (Fsp3) is 0.821. The lowest BCUT2D eigenvalue weighted by atomic mass is 9.74. The minimum Gasteiger partial charge on any atom is -0.463 e. The third-order valence-corrected chi connectivity index (χ3v) is 11.7. The van der Waals surface area contributed by atoms with Gasteiger partial charge in [-0.2, -0.15) is 0 Å². The number of piperidine rings is 1. The van der Waals surface area contributed by atoms with Gasteiger partial charge in [-0.05, 0) is 117 Å². The molecule has 0 aromatic carbocycles. The highest BCUT2D eigenvalue weighted by Gasteiger charge is 2.51. The Hall–Kier alpha value is -1.99. The zero-order valence-corrected chi connectivity index (χ0v) is 32.5. The van der Waals surface area contributed by atoms with E-state index in [1.807, 2.05) is 51.3 Å². The van der Waals surface area contributed by atoms with Crippen LogP contribution in [-0.2, 0) is 35.1 Å². The fourth-order valence-corrected chi connectivity index (χ4v) is 8.60. The standard InChI is InChI=1S/C39H66N4O7/c1-11-43-23-26(2)21-39(7,47-10)35(50-36-33(44)32(41(8)9)19-27(3)49-36)28(4)34(45)38(5,6)37(46)48-25-31(43)20-29-14-17-42(18-15-29)24-30-13-12-16-40-22-30/h12-13,16,22,26-29,31-33,35-36,44H,11,14-15,17-21,23-25H2,1-10H3/t26-,27-,28+,31-,32+,33-,35-,36+,39-/m1/s1. The summed E-state index contributed by atoms with van der Waals surface area (Å²) in [5, 5.41) is 11.4. The summed E-state index contributed by atoms with van der Waals surface area (Å²) in [4.78, 5) is 39.4. The van der Waals surface area contributed by atoms with Crippen molar-refractivity contribution in [3.8, 4) is 0 Å². The topological polar surface area (TPSA) is 114 Å². The van der Waals surface area contributed by atoms with Crippen LogP contribution in [0.1, 0.15) is 86.1 Å². The van der Waals surface area contributed by atoms with E-state index in [4.69, 9.17) is 18.9 Å². The lowest BCUT2D eigenvalue weighted by Gasteiger charge is -2.47. The molecule has 284 valence electrons. The molecule has 50 heavy (non-hydrogen) atoms. The number of likely N-dealkylation sites (tertiary alicyclic amines) is 1. The van der Waals surface area contributed by atoms with Crippen molar-refractivity contribution in [2.45, 2.75) is 129 Å². The molecule has 0 saturated carbocycles. The number of hydrogen-bond acceptors (Lipinski definition) is 11. The average molecular weight is 703 g/mol. The third-order valence-electron chi connectivity index (χ3n) is 11.7. The summed E-state index contributed by atoms with van der Waals surface area (Å²) in [7, 11) is 5.52. The molecule has 0 amide bonds. The number of cyclic esters (lactones) is 1. The van der Waals surface area contributed by atoms with Gasteiger partial charge in [-0.25, -0.2) is 0 Å². The van der Waals surface area contributed by atoms with Crippen LogP contribution in [0.3, 0.4) is 0 Å². The highest BCUT2D eigenvalue weighted by atomic mass is 16.7. The second kappa shape index (κ2) is 17.7. The monoisotopic (exact) mass is 702 g/mol. The van der Waals surface area contributed by atoms with E-state index in [0.717, 1.165) is 52.0 Å². The number of aliphatic hydroxyl groups excluding tert-OH is 1. The molecule has 1 N–H and O–H groups in total. The molecule has 3 aliphatic heterocycles. The van der Waals surface area contributed by atoms with Crippen LogP contribution in [-0.4, -0.2) is 133 Å². The summed E-state index contributed by atoms with van der Waals surface area (Å²) in [5.41, 5.74) is -1.10. The van der Waals surface area contributed by atoms with E-state index in [1.165, 1.54) is 5.56 Å². The smallest absolute Gasteiger partial charge is 0.319 e. The number of methoxy groups -OCH3 is 1. The van der Waals surface area contributed by atoms with Gasteiger partial charge in [-0.1, -0.05) is 26.8 Å². The number of nitrogens with zero attached hydrogens (tertiary/aromatic N) is 4. The summed E-state index contributed by atoms with van der Waals surface area (Å²) in [5.74, 6) is -0.892. The molecule has 0 bridgehead atoms. The number of carbonyl (C=O) groups excluding carboxylic acids is 2. The van der Waals surface area contributed by atoms with E-state index in [-0.39, 0.29) is 36.5 Å². The maximum Gasteiger partial charge on any atom is 0.319 e. The molecule has 3 aliphatic rings. The van der Waals surface area contributed by atoms with Gasteiger partial charge >= 0.3 is 5.97 Å². The van der Waals surface area contributed by atoms with Crippen molar-refractivity contribution in [2.24, 2.45) is 23.2 Å². The molecule has 0 unspecified atom stereocenters. The van der Waals surface area contributed by atoms with Crippen LogP contribution < -0.4 is 0 Å². The van der Waals surface area contributed by atoms with Crippen molar-refractivity contribution < 1.29 is 33.6 Å². The van der Waals surface area contributed by atoms with Gasteiger partial charge in [0, 0.05) is 50.6 Å². The number of aromatic nitrogens is 1. The Morgan fingerprint density at radius 3 is 2.42 bits per heavy atom. The molecular weight excluding hydrogens is 636 g/mol. The predicted molar refractivity (Wildman–Crippen MR) is 193 cm³/mol. The van der Waals surface area contributed by atoms with Gasteiger partial charge in [-0.3, -0.25) is 24.4 Å². The van der Waals surface area contributed by atoms with Crippen LogP contribution >= 0.6 is 0 Å². The van der Waals surface area contributed by atoms with Crippen molar-refractivity contribution in [1.82, 2.24) is 19.7 Å². The molecule has 3 saturated heterocycles. The predicted octanol–water partition coefficient (Wildman–Crippen LogP) is 4.40. The number of carbonyl (C=O) groups is 2. The third kappa shape index (κ3) is 9.90. The molecule has 4 heterocycles. The molecule has 11 heteroatoms. The van der Waals surface area contributed by atoms with Gasteiger partial charge in [0.15, 0.2) is 12.1 Å². The molecule has 3 fully saturated rings. The SMILES string of the molecule is CCN1C[C@H](C)C[C@@](C)(OC)[C@H](O[C@@H]2O[C@H](C)C[C@H](N(C)C)[C@H]2O)[C@@H](C)C(=O)C(C)(C)C(=O)OC[C@H]1CC1CCN(Cc2cccnc2)CC1. The van der Waals surface area contributed by atoms with E-state index in [0.29, 0.717) is 18.8 Å². The summed E-state index contributed by atoms with van der Waals surface area (Å²) in [6.45, 7) is 18.2. The number of ketones is 1. The summed E-state index contributed by atoms with van der Waals surface area (Å²) < 4.78 is 25.3. The number of ether oxygens (including phenoxy) is 4. The van der Waals surface area contributed by atoms with E-state index in [9.17, 15) is 14.7 Å². The van der Waals surface area contributed by atoms with Crippen molar-refractivity contribution in [3.05, 3.63) is 30.1 Å². The fourth-order valence-electron chi connectivity index (χ4n) is 8.60. The Kier molecular flexibility index (Phi) is 14.4. The van der Waals surface area contributed by atoms with Gasteiger partial charge < -0.3 is 29.0 Å². The van der Waals surface area contributed by atoms with Gasteiger partial charge in [-0.15, -0.1) is 0 Å². The number of hydrogen-bond donors (Lipinski definition) is 1. The Morgan fingerprint density at radius 1 is 1.12 bits per heavy atom. The number of Topliss-reactive ketones (excluding diaryl/α,β-unsaturated/α-hetero) is 1. The molecule has 0 radical (unpaired) electrons. The summed E-state index contributed by atoms with van der Waals surface area (Å²) >= 11 is 0. The molecule has 4 rings (SSSR count). The van der Waals surface area contributed by atoms with Gasteiger partial charge in [0.1, 0.15) is 18.1 Å². The summed E-state index contributed by atoms with van der Waals surface area (Å²) in [6.07, 6.45) is 5.26. The normalized spacial score (nSPS) is 36.0. The maximum atomic E-state index is 14.3. The first-order valence-electron chi connectivity index (χ1n) is 18.9. The number of rotatable bonds is 9. The van der Waals surface area contributed by atoms with Crippen LogP contribution in [0.25, 0.3) is 0 Å². The number of aliphatic hydroxyl groups is 1. The Bertz CT molecular complexity index is 1230. The lowest BCUT2D eigenvalue weighted by Crippen LogP contribution is -2.59. The number of likely N-dealkylation sites (N-methyl/N-ethyl adjacent to an activating group) is 2. The first-order valence-corrected chi connectivity index (χ1v) is 18.9. The van der Waals surface area contributed by atoms with E-state index < -0.39 is 41.4 Å². The van der Waals surface area contributed by atoms with Crippen molar-refractivity contribution in [3.63, 3.8) is 0 Å². The Labute approximate surface area is 301 Å². The number of esters is 1. The van der Waals surface area contributed by atoms with Crippen LogP contribution in [0.5, 0.6) is 0 Å². The highest BCUT2D eigenvalue weighted by molar-refractivity contribution is 6.04. The molecule has 11 nitrogen and oxygen atoms in total. The Morgan fingerprint density at radius 2 is 1.82 bits per heavy atom. The molecule has 1 aromatic rings. The minimum absolute atomic E-state index is 0.0291. The first-order chi connectivity index (χ1) is 23.6. The van der Waals surface area contributed by atoms with Gasteiger partial charge in [0.05, 0.1) is 17.8 Å². The van der Waals surface area contributed by atoms with Crippen LogP contribution in [0, 0.1) is 23.2 Å². The second-order valence-electron chi connectivity index (χ2n) is 16.4. The summed E-state index contributed by atoms with van der Waals surface area (Å²) in [6, 6.07) is 3.97. The average Bonchev–Trinajstić information content (AvgIpc) is 3.09. The highest BCUT2D eigenvalue weighted by Crippen LogP contribution is 2.38. The van der Waals surface area contributed by atoms with Crippen LogP contribution in [0.4, 0.5) is 0 Å². The van der Waals surface area contributed by atoms with Crippen LogP contribution in [0.2, 0.25) is 0 Å². The van der Waals surface area contributed by atoms with E-state index >= 15 is 0 Å². The quantitative estimate of drug-likeness (QED) is 0.292. The Balaban J connectivity index is 1.56. The second-order valence-corrected chi connectivity index (χ2v) is 16.4. The number of pyridine rings is 1. The van der Waals surface area contributed by atoms with Crippen molar-refractivity contribution in [2.75, 3.05) is 54.0 Å². The van der Waals surface area contributed by atoms with Gasteiger partial charge in [0.2, 0.25) is 0 Å². The molecule has 0 spiro atoms. The van der Waals surface area contributed by atoms with E-state index in [1.54, 1.807) is 27.9 Å². The lowest BCUT2D eigenvalue weighted by molar-refractivity contribution is -0.295. The van der Waals surface area contributed by atoms with Gasteiger partial charge in [0.25, 0.3) is 0 Å². The van der Waals surface area contributed by atoms with Crippen molar-refractivity contribution in [1.29, 1.82) is 0 Å². The molecule has 1 aromatic heterocycles. The van der Waals surface area contributed by atoms with Crippen molar-refractivity contribution >= 4 is 11.8 Å².